The highest BCUT2D eigenvalue weighted by molar-refractivity contribution is 7.16. The second kappa shape index (κ2) is 8.40. The van der Waals surface area contributed by atoms with Gasteiger partial charge in [-0.25, -0.2) is 9.38 Å². The molecule has 1 aliphatic rings. The maximum Gasteiger partial charge on any atom is 0.261 e. The predicted octanol–water partition coefficient (Wildman–Crippen LogP) is 5.87. The fraction of sp³-hybridized carbons (Fsp3) is 0.160. The van der Waals surface area contributed by atoms with E-state index in [0.717, 1.165) is 36.6 Å². The van der Waals surface area contributed by atoms with Gasteiger partial charge in [0.25, 0.3) is 5.91 Å². The van der Waals surface area contributed by atoms with Gasteiger partial charge in [0.1, 0.15) is 28.0 Å². The van der Waals surface area contributed by atoms with Crippen molar-refractivity contribution in [1.82, 2.24) is 0 Å². The number of nitrogens with one attached hydrogen (secondary N) is 1. The monoisotopic (exact) mass is 443 g/mol. The van der Waals surface area contributed by atoms with E-state index in [9.17, 15) is 14.4 Å². The van der Waals surface area contributed by atoms with Gasteiger partial charge in [0, 0.05) is 16.0 Å². The van der Waals surface area contributed by atoms with Crippen LogP contribution in [-0.4, -0.2) is 5.91 Å². The Hall–Kier alpha value is -3.76. The van der Waals surface area contributed by atoms with Crippen LogP contribution in [0.25, 0.3) is 11.0 Å². The highest BCUT2D eigenvalue weighted by Crippen LogP contribution is 2.39. The normalized spacial score (nSPS) is 13.6. The van der Waals surface area contributed by atoms with Gasteiger partial charge in [-0.2, -0.15) is 5.26 Å². The zero-order chi connectivity index (χ0) is 22.1. The molecule has 0 saturated carbocycles. The standard InChI is InChI=1S/C25H18FN3O2S/c26-16-9-11-17(12-10-16)28-23(30)19-13-15-5-1-3-7-21(15)31-24(19)29-25-20(14-27)18-6-2-4-8-22(18)32-25/h1,3,5,7,9-13H,2,4,6,8H2,(H,28,30)/b29-24-. The van der Waals surface area contributed by atoms with E-state index in [1.165, 1.54) is 40.5 Å². The lowest BCUT2D eigenvalue weighted by molar-refractivity contribution is 0.102. The van der Waals surface area contributed by atoms with Gasteiger partial charge in [0.2, 0.25) is 5.55 Å². The molecule has 2 aromatic carbocycles. The van der Waals surface area contributed by atoms with E-state index >= 15 is 0 Å². The number of carbonyl (C=O) groups excluding carboxylic acids is 1. The number of benzene rings is 2. The number of amides is 1. The van der Waals surface area contributed by atoms with Crippen LogP contribution in [0.1, 0.15) is 39.2 Å². The van der Waals surface area contributed by atoms with Gasteiger partial charge >= 0.3 is 0 Å². The molecule has 0 bridgehead atoms. The number of thiophene rings is 1. The smallest absolute Gasteiger partial charge is 0.261 e. The molecule has 4 aromatic rings. The fourth-order valence-electron chi connectivity index (χ4n) is 3.88. The lowest BCUT2D eigenvalue weighted by atomic mass is 9.96. The van der Waals surface area contributed by atoms with E-state index in [4.69, 9.17) is 4.42 Å². The van der Waals surface area contributed by atoms with E-state index in [-0.39, 0.29) is 16.9 Å². The molecule has 0 atom stereocenters. The molecule has 0 radical (unpaired) electrons. The number of anilines is 1. The van der Waals surface area contributed by atoms with Crippen LogP contribution in [0.2, 0.25) is 0 Å². The first kappa shape index (κ1) is 20.2. The lowest BCUT2D eigenvalue weighted by Gasteiger charge is -2.09. The number of nitriles is 1. The highest BCUT2D eigenvalue weighted by atomic mass is 32.1. The lowest BCUT2D eigenvalue weighted by Crippen LogP contribution is -2.21. The molecule has 0 fully saturated rings. The topological polar surface area (TPSA) is 78.4 Å². The van der Waals surface area contributed by atoms with Crippen molar-refractivity contribution in [2.45, 2.75) is 25.7 Å². The zero-order valence-electron chi connectivity index (χ0n) is 17.0. The van der Waals surface area contributed by atoms with Crippen molar-refractivity contribution < 1.29 is 13.6 Å². The minimum absolute atomic E-state index is 0.137. The van der Waals surface area contributed by atoms with Crippen LogP contribution in [0.15, 0.2) is 64.0 Å². The molecule has 2 aromatic heterocycles. The molecule has 32 heavy (non-hydrogen) atoms. The van der Waals surface area contributed by atoms with E-state index in [1.54, 1.807) is 12.1 Å². The minimum Gasteiger partial charge on any atom is -0.437 e. The summed E-state index contributed by atoms with van der Waals surface area (Å²) in [7, 11) is 0. The summed E-state index contributed by atoms with van der Waals surface area (Å²) in [6, 6.07) is 16.9. The molecule has 0 aliphatic heterocycles. The van der Waals surface area contributed by atoms with Crippen LogP contribution in [0.3, 0.4) is 0 Å². The van der Waals surface area contributed by atoms with Gasteiger partial charge in [-0.3, -0.25) is 4.79 Å². The number of aryl methyl sites for hydroxylation is 1. The van der Waals surface area contributed by atoms with Gasteiger partial charge in [0.15, 0.2) is 0 Å². The van der Waals surface area contributed by atoms with Gasteiger partial charge in [-0.05, 0) is 67.6 Å². The molecular weight excluding hydrogens is 425 g/mol. The molecule has 0 unspecified atom stereocenters. The van der Waals surface area contributed by atoms with Crippen molar-refractivity contribution in [3.05, 3.63) is 87.5 Å². The Labute approximate surface area is 187 Å². The van der Waals surface area contributed by atoms with Gasteiger partial charge in [-0.15, -0.1) is 11.3 Å². The molecule has 1 N–H and O–H groups in total. The number of hydrogen-bond donors (Lipinski definition) is 1. The minimum atomic E-state index is -0.426. The number of para-hydroxylation sites is 1. The Morgan fingerprint density at radius 3 is 2.72 bits per heavy atom. The summed E-state index contributed by atoms with van der Waals surface area (Å²) in [6.07, 6.45) is 3.97. The third kappa shape index (κ3) is 3.81. The van der Waals surface area contributed by atoms with E-state index < -0.39 is 5.91 Å². The maximum atomic E-state index is 13.2. The number of rotatable bonds is 3. The first-order chi connectivity index (χ1) is 15.6. The molecule has 158 valence electrons. The summed E-state index contributed by atoms with van der Waals surface area (Å²) >= 11 is 1.49. The van der Waals surface area contributed by atoms with Crippen molar-refractivity contribution in [1.29, 1.82) is 5.26 Å². The van der Waals surface area contributed by atoms with Crippen LogP contribution in [0.5, 0.6) is 0 Å². The molecule has 7 heteroatoms. The first-order valence-electron chi connectivity index (χ1n) is 10.3. The number of halogens is 1. The summed E-state index contributed by atoms with van der Waals surface area (Å²) in [6.45, 7) is 0. The highest BCUT2D eigenvalue weighted by Gasteiger charge is 2.21. The molecule has 0 saturated heterocycles. The zero-order valence-corrected chi connectivity index (χ0v) is 17.8. The quantitative estimate of drug-likeness (QED) is 0.430. The average Bonchev–Trinajstić information content (AvgIpc) is 3.17. The van der Waals surface area contributed by atoms with Crippen LogP contribution in [-0.2, 0) is 12.8 Å². The summed E-state index contributed by atoms with van der Waals surface area (Å²) in [5.41, 5.74) is 3.06. The molecule has 5 rings (SSSR count). The van der Waals surface area contributed by atoms with Crippen LogP contribution < -0.4 is 10.9 Å². The maximum absolute atomic E-state index is 13.2. The first-order valence-corrected chi connectivity index (χ1v) is 11.1. The summed E-state index contributed by atoms with van der Waals surface area (Å²) < 4.78 is 19.2. The number of hydrogen-bond acceptors (Lipinski definition) is 5. The Morgan fingerprint density at radius 1 is 1.12 bits per heavy atom. The van der Waals surface area contributed by atoms with Crippen LogP contribution in [0, 0.1) is 17.1 Å². The number of fused-ring (bicyclic) bond motifs is 2. The SMILES string of the molecule is N#Cc1c(/N=c2\oc3ccccc3cc2C(=O)Nc2ccc(F)cc2)sc2c1CCCC2. The molecule has 1 aliphatic carbocycles. The fourth-order valence-corrected chi connectivity index (χ4v) is 5.09. The summed E-state index contributed by atoms with van der Waals surface area (Å²) in [5, 5.41) is 13.8. The summed E-state index contributed by atoms with van der Waals surface area (Å²) in [4.78, 5) is 19.0. The molecule has 0 spiro atoms. The Balaban J connectivity index is 1.65. The molecule has 1 amide bonds. The molecule has 2 heterocycles. The molecule has 5 nitrogen and oxygen atoms in total. The Morgan fingerprint density at radius 2 is 1.91 bits per heavy atom. The van der Waals surface area contributed by atoms with Crippen LogP contribution >= 0.6 is 11.3 Å². The van der Waals surface area contributed by atoms with Crippen molar-refractivity contribution >= 4 is 38.9 Å². The second-order valence-corrected chi connectivity index (χ2v) is 8.66. The Kier molecular flexibility index (Phi) is 5.29. The third-order valence-electron chi connectivity index (χ3n) is 5.47. The van der Waals surface area contributed by atoms with Crippen molar-refractivity contribution in [3.63, 3.8) is 0 Å². The molecular formula is C25H18FN3O2S. The van der Waals surface area contributed by atoms with E-state index in [0.29, 0.717) is 21.8 Å². The summed E-state index contributed by atoms with van der Waals surface area (Å²) in [5.74, 6) is -0.810. The average molecular weight is 444 g/mol. The van der Waals surface area contributed by atoms with Crippen molar-refractivity contribution in [2.75, 3.05) is 5.32 Å². The van der Waals surface area contributed by atoms with Gasteiger partial charge in [0.05, 0.1) is 5.56 Å². The van der Waals surface area contributed by atoms with Crippen molar-refractivity contribution in [2.24, 2.45) is 4.99 Å². The van der Waals surface area contributed by atoms with Gasteiger partial charge in [-0.1, -0.05) is 18.2 Å². The van der Waals surface area contributed by atoms with Crippen LogP contribution in [0.4, 0.5) is 15.1 Å². The largest absolute Gasteiger partial charge is 0.437 e. The van der Waals surface area contributed by atoms with Crippen molar-refractivity contribution in [3.8, 4) is 6.07 Å². The predicted molar refractivity (Wildman–Crippen MR) is 121 cm³/mol. The van der Waals surface area contributed by atoms with Gasteiger partial charge < -0.3 is 9.73 Å². The number of nitrogens with zero attached hydrogens (tertiary/aromatic N) is 2. The van der Waals surface area contributed by atoms with E-state index in [1.807, 2.05) is 18.2 Å². The number of carbonyl (C=O) groups is 1. The Bertz CT molecular complexity index is 1450. The second-order valence-electron chi connectivity index (χ2n) is 7.58. The third-order valence-corrected chi connectivity index (χ3v) is 6.66. The van der Waals surface area contributed by atoms with E-state index in [2.05, 4.69) is 16.4 Å².